The smallest absolute Gasteiger partial charge is 0.346 e. The molecule has 0 aliphatic rings. The fourth-order valence-electron chi connectivity index (χ4n) is 0.710. The van der Waals surface area contributed by atoms with E-state index in [4.69, 9.17) is 10.2 Å². The molecule has 0 saturated heterocycles. The van der Waals surface area contributed by atoms with Crippen LogP contribution in [0.5, 0.6) is 0 Å². The topological polar surface area (TPSA) is 112 Å². The summed E-state index contributed by atoms with van der Waals surface area (Å²) in [6.07, 6.45) is -1.68. The molecule has 0 aromatic heterocycles. The van der Waals surface area contributed by atoms with Crippen molar-refractivity contribution in [2.45, 2.75) is 12.2 Å². The van der Waals surface area contributed by atoms with Gasteiger partial charge in [0.2, 0.25) is 0 Å². The Morgan fingerprint density at radius 2 is 1.28 bits per heavy atom. The second-order valence-corrected chi connectivity index (χ2v) is 2.88. The number of methoxy groups -OCH3 is 4. The minimum absolute atomic E-state index is 0.118. The molecule has 0 amide bonds. The van der Waals surface area contributed by atoms with Crippen molar-refractivity contribution >= 4 is 11.9 Å². The van der Waals surface area contributed by atoms with Crippen molar-refractivity contribution in [2.24, 2.45) is 0 Å². The Morgan fingerprint density at radius 3 is 1.39 bits per heavy atom. The lowest BCUT2D eigenvalue weighted by atomic mass is 10.4. The largest absolute Gasteiger partial charge is 0.467 e. The highest BCUT2D eigenvalue weighted by Gasteiger charge is 2.27. The molecular weight excluding hydrogens is 248 g/mol. The van der Waals surface area contributed by atoms with Gasteiger partial charge in [-0.1, -0.05) is 0 Å². The zero-order chi connectivity index (χ0) is 14.6. The molecule has 8 heteroatoms. The predicted octanol–water partition coefficient (Wildman–Crippen LogP) is -1.67. The normalized spacial score (nSPS) is 9.78. The summed E-state index contributed by atoms with van der Waals surface area (Å²) < 4.78 is 17.6. The van der Waals surface area contributed by atoms with Crippen LogP contribution < -0.4 is 0 Å². The van der Waals surface area contributed by atoms with Crippen LogP contribution in [0.4, 0.5) is 0 Å². The monoisotopic (exact) mass is 268 g/mol. The molecule has 108 valence electrons. The molecule has 0 unspecified atom stereocenters. The Labute approximate surface area is 105 Å². The van der Waals surface area contributed by atoms with Gasteiger partial charge in [0.25, 0.3) is 6.10 Å². The molecule has 0 atom stereocenters. The quantitative estimate of drug-likeness (QED) is 0.434. The van der Waals surface area contributed by atoms with E-state index in [1.54, 1.807) is 0 Å². The molecule has 8 nitrogen and oxygen atoms in total. The number of ether oxygens (including phenoxy) is 4. The van der Waals surface area contributed by atoms with Gasteiger partial charge in [0.05, 0.1) is 27.4 Å². The number of aliphatic hydroxyl groups excluding tert-OH is 2. The van der Waals surface area contributed by atoms with Crippen LogP contribution in [0, 0.1) is 0 Å². The fraction of sp³-hybridized carbons (Fsp3) is 0.800. The Hall–Kier alpha value is -1.22. The van der Waals surface area contributed by atoms with Gasteiger partial charge in [-0.3, -0.25) is 0 Å². The van der Waals surface area contributed by atoms with Crippen LogP contribution in [-0.4, -0.2) is 76.0 Å². The van der Waals surface area contributed by atoms with Crippen LogP contribution in [0.2, 0.25) is 0 Å². The molecule has 0 aliphatic carbocycles. The maximum absolute atomic E-state index is 10.7. The lowest BCUT2D eigenvalue weighted by molar-refractivity contribution is -0.167. The molecule has 0 heterocycles. The molecule has 0 saturated carbocycles. The highest BCUT2D eigenvalue weighted by Crippen LogP contribution is 1.95. The average molecular weight is 268 g/mol. The van der Waals surface area contributed by atoms with Crippen molar-refractivity contribution in [3.05, 3.63) is 0 Å². The van der Waals surface area contributed by atoms with E-state index in [-0.39, 0.29) is 13.2 Å². The summed E-state index contributed by atoms with van der Waals surface area (Å²) in [6.45, 7) is -0.236. The standard InChI is InChI=1S/C6H10O5.C4H10O3/c1-9-4(5(7)10-2)6(8)11-3;1-7-4(2-5)3-6/h4H,1-3H3;4-6H,2-3H2,1H3. The summed E-state index contributed by atoms with van der Waals surface area (Å²) in [5.74, 6) is -1.53. The van der Waals surface area contributed by atoms with Gasteiger partial charge in [-0.05, 0) is 0 Å². The first-order valence-electron chi connectivity index (χ1n) is 4.95. The summed E-state index contributed by atoms with van der Waals surface area (Å²) in [5.41, 5.74) is 0. The molecular formula is C10H20O8. The summed E-state index contributed by atoms with van der Waals surface area (Å²) in [7, 11) is 4.99. The van der Waals surface area contributed by atoms with Crippen LogP contribution >= 0.6 is 0 Å². The summed E-state index contributed by atoms with van der Waals surface area (Å²) in [5, 5.41) is 16.5. The molecule has 0 aromatic carbocycles. The van der Waals surface area contributed by atoms with Gasteiger partial charge >= 0.3 is 11.9 Å². The van der Waals surface area contributed by atoms with Crippen molar-refractivity contribution in [3.63, 3.8) is 0 Å². The summed E-state index contributed by atoms with van der Waals surface area (Å²) >= 11 is 0. The Bertz CT molecular complexity index is 204. The molecule has 0 aromatic rings. The number of aliphatic hydroxyl groups is 2. The van der Waals surface area contributed by atoms with E-state index in [0.717, 1.165) is 14.2 Å². The van der Waals surface area contributed by atoms with Gasteiger partial charge in [0, 0.05) is 14.2 Å². The minimum Gasteiger partial charge on any atom is -0.467 e. The van der Waals surface area contributed by atoms with Gasteiger partial charge < -0.3 is 29.2 Å². The lowest BCUT2D eigenvalue weighted by Gasteiger charge is -2.09. The zero-order valence-electron chi connectivity index (χ0n) is 10.9. The van der Waals surface area contributed by atoms with Crippen molar-refractivity contribution in [1.29, 1.82) is 0 Å². The van der Waals surface area contributed by atoms with Crippen LogP contribution in [0.3, 0.4) is 0 Å². The van der Waals surface area contributed by atoms with E-state index < -0.39 is 24.1 Å². The van der Waals surface area contributed by atoms with E-state index in [9.17, 15) is 9.59 Å². The number of carbonyl (C=O) groups excluding carboxylic acids is 2. The Kier molecular flexibility index (Phi) is 13.0. The van der Waals surface area contributed by atoms with Gasteiger partial charge in [-0.15, -0.1) is 0 Å². The first-order valence-corrected chi connectivity index (χ1v) is 4.95. The molecule has 0 rings (SSSR count). The predicted molar refractivity (Wildman–Crippen MR) is 59.8 cm³/mol. The summed E-state index contributed by atoms with van der Waals surface area (Å²) in [4.78, 5) is 21.4. The highest BCUT2D eigenvalue weighted by molar-refractivity contribution is 5.97. The first-order chi connectivity index (χ1) is 8.51. The van der Waals surface area contributed by atoms with Crippen LogP contribution in [0.1, 0.15) is 0 Å². The molecule has 0 radical (unpaired) electrons. The number of hydrogen-bond acceptors (Lipinski definition) is 8. The van der Waals surface area contributed by atoms with E-state index >= 15 is 0 Å². The molecule has 2 N–H and O–H groups in total. The fourth-order valence-corrected chi connectivity index (χ4v) is 0.710. The molecule has 0 aliphatic heterocycles. The average Bonchev–Trinajstić information content (AvgIpc) is 2.41. The maximum Gasteiger partial charge on any atom is 0.346 e. The third-order valence-corrected chi connectivity index (χ3v) is 1.81. The summed E-state index contributed by atoms with van der Waals surface area (Å²) in [6, 6.07) is 0. The van der Waals surface area contributed by atoms with E-state index in [1.165, 1.54) is 14.2 Å². The van der Waals surface area contributed by atoms with Crippen molar-refractivity contribution in [2.75, 3.05) is 41.7 Å². The number of rotatable bonds is 6. The number of carbonyl (C=O) groups is 2. The number of esters is 2. The van der Waals surface area contributed by atoms with Gasteiger partial charge in [0.15, 0.2) is 0 Å². The third-order valence-electron chi connectivity index (χ3n) is 1.81. The van der Waals surface area contributed by atoms with E-state index in [0.29, 0.717) is 0 Å². The third kappa shape index (κ3) is 7.96. The van der Waals surface area contributed by atoms with Crippen LogP contribution in [0.15, 0.2) is 0 Å². The van der Waals surface area contributed by atoms with Gasteiger partial charge in [-0.2, -0.15) is 0 Å². The SMILES string of the molecule is COC(=O)C(OC)C(=O)OC.COC(CO)CO. The van der Waals surface area contributed by atoms with E-state index in [2.05, 4.69) is 18.9 Å². The highest BCUT2D eigenvalue weighted by atomic mass is 16.6. The molecule has 0 bridgehead atoms. The first kappa shape index (κ1) is 19.1. The second-order valence-electron chi connectivity index (χ2n) is 2.88. The van der Waals surface area contributed by atoms with Crippen LogP contribution in [0.25, 0.3) is 0 Å². The Morgan fingerprint density at radius 1 is 0.889 bits per heavy atom. The van der Waals surface area contributed by atoms with Crippen molar-refractivity contribution in [1.82, 2.24) is 0 Å². The Balaban J connectivity index is 0. The molecule has 18 heavy (non-hydrogen) atoms. The van der Waals surface area contributed by atoms with Crippen molar-refractivity contribution in [3.8, 4) is 0 Å². The second kappa shape index (κ2) is 12.2. The van der Waals surface area contributed by atoms with E-state index in [1.807, 2.05) is 0 Å². The maximum atomic E-state index is 10.7. The van der Waals surface area contributed by atoms with Crippen molar-refractivity contribution < 1.29 is 38.7 Å². The molecule has 0 fully saturated rings. The zero-order valence-corrected chi connectivity index (χ0v) is 10.9. The van der Waals surface area contributed by atoms with Gasteiger partial charge in [0.1, 0.15) is 6.10 Å². The number of hydrogen-bond donors (Lipinski definition) is 2. The van der Waals surface area contributed by atoms with Crippen LogP contribution in [-0.2, 0) is 28.5 Å². The lowest BCUT2D eigenvalue weighted by Crippen LogP contribution is -2.33. The minimum atomic E-state index is -1.27. The van der Waals surface area contributed by atoms with Gasteiger partial charge in [-0.25, -0.2) is 9.59 Å². The molecule has 0 spiro atoms.